The summed E-state index contributed by atoms with van der Waals surface area (Å²) >= 11 is 0. The average molecular weight is 387 g/mol. The zero-order valence-corrected chi connectivity index (χ0v) is 17.4. The van der Waals surface area contributed by atoms with E-state index in [-0.39, 0.29) is 5.97 Å². The minimum absolute atomic E-state index is 0.299. The predicted molar refractivity (Wildman–Crippen MR) is 119 cm³/mol. The van der Waals surface area contributed by atoms with Gasteiger partial charge in [0.2, 0.25) is 0 Å². The Labute approximate surface area is 174 Å². The van der Waals surface area contributed by atoms with Crippen LogP contribution in [-0.4, -0.2) is 5.97 Å². The molecule has 1 unspecified atom stereocenters. The third-order valence-corrected chi connectivity index (χ3v) is 6.35. The third-order valence-electron chi connectivity index (χ3n) is 6.35. The second-order valence-corrected chi connectivity index (χ2v) is 8.72. The Hall–Kier alpha value is -2.61. The van der Waals surface area contributed by atoms with Crippen molar-refractivity contribution in [2.24, 2.45) is 11.8 Å². The van der Waals surface area contributed by atoms with Crippen molar-refractivity contribution >= 4 is 11.5 Å². The van der Waals surface area contributed by atoms with Crippen molar-refractivity contribution in [3.63, 3.8) is 0 Å². The highest BCUT2D eigenvalue weighted by Crippen LogP contribution is 2.35. The smallest absolute Gasteiger partial charge is 0.343 e. The number of carbonyl (C=O) groups excluding carboxylic acids is 1. The Balaban J connectivity index is 1.37. The van der Waals surface area contributed by atoms with Crippen LogP contribution in [0.2, 0.25) is 0 Å². The van der Waals surface area contributed by atoms with Gasteiger partial charge in [-0.2, -0.15) is 0 Å². The summed E-state index contributed by atoms with van der Waals surface area (Å²) in [6.45, 7) is 4.56. The summed E-state index contributed by atoms with van der Waals surface area (Å²) < 4.78 is 5.58. The minimum atomic E-state index is -0.299. The second-order valence-electron chi connectivity index (χ2n) is 8.72. The quantitative estimate of drug-likeness (QED) is 0.411. The van der Waals surface area contributed by atoms with E-state index in [0.717, 1.165) is 17.9 Å². The van der Waals surface area contributed by atoms with E-state index < -0.39 is 0 Å². The molecule has 0 spiro atoms. The van der Waals surface area contributed by atoms with Gasteiger partial charge in [0.05, 0.1) is 5.56 Å². The topological polar surface area (TPSA) is 26.3 Å². The normalized spacial score (nSPS) is 24.1. The van der Waals surface area contributed by atoms with Gasteiger partial charge in [-0.25, -0.2) is 4.79 Å². The Morgan fingerprint density at radius 1 is 0.897 bits per heavy atom. The fourth-order valence-corrected chi connectivity index (χ4v) is 4.31. The predicted octanol–water partition coefficient (Wildman–Crippen LogP) is 7.18. The summed E-state index contributed by atoms with van der Waals surface area (Å²) in [5.74, 6) is 2.37. The van der Waals surface area contributed by atoms with Gasteiger partial charge in [0, 0.05) is 0 Å². The van der Waals surface area contributed by atoms with E-state index in [1.165, 1.54) is 36.8 Å². The van der Waals surface area contributed by atoms with Crippen molar-refractivity contribution < 1.29 is 9.53 Å². The molecule has 2 aliphatic rings. The SMILES string of the molecule is CC1C=CC(c2ccc(OC(=O)c3ccc(C4CCC(C)CC4)cc3)cc2)=CC1. The molecule has 2 nitrogen and oxygen atoms in total. The lowest BCUT2D eigenvalue weighted by molar-refractivity contribution is 0.0734. The van der Waals surface area contributed by atoms with Gasteiger partial charge in [0.15, 0.2) is 0 Å². The summed E-state index contributed by atoms with van der Waals surface area (Å²) in [6.07, 6.45) is 12.8. The summed E-state index contributed by atoms with van der Waals surface area (Å²) in [5, 5.41) is 0. The van der Waals surface area contributed by atoms with Crippen molar-refractivity contribution in [2.45, 2.75) is 51.9 Å². The molecule has 0 bridgehead atoms. The van der Waals surface area contributed by atoms with Gasteiger partial charge in [-0.05, 0) is 78.0 Å². The molecule has 0 saturated heterocycles. The fraction of sp³-hybridized carbons (Fsp3) is 0.370. The Bertz CT molecular complexity index is 895. The van der Waals surface area contributed by atoms with E-state index in [9.17, 15) is 4.79 Å². The van der Waals surface area contributed by atoms with Gasteiger partial charge in [0.25, 0.3) is 0 Å². The van der Waals surface area contributed by atoms with Crippen molar-refractivity contribution in [3.05, 3.63) is 83.4 Å². The number of allylic oxidation sites excluding steroid dienone is 4. The number of hydrogen-bond acceptors (Lipinski definition) is 2. The maximum Gasteiger partial charge on any atom is 0.343 e. The zero-order valence-electron chi connectivity index (χ0n) is 17.4. The molecule has 2 aliphatic carbocycles. The third kappa shape index (κ3) is 4.87. The molecular weight excluding hydrogens is 356 g/mol. The zero-order chi connectivity index (χ0) is 20.2. The number of rotatable bonds is 4. The summed E-state index contributed by atoms with van der Waals surface area (Å²) in [5.41, 5.74) is 4.34. The molecule has 1 fully saturated rings. The summed E-state index contributed by atoms with van der Waals surface area (Å²) in [7, 11) is 0. The van der Waals surface area contributed by atoms with Crippen LogP contribution in [0.4, 0.5) is 0 Å². The van der Waals surface area contributed by atoms with Crippen LogP contribution in [0.15, 0.2) is 66.8 Å². The fourth-order valence-electron chi connectivity index (χ4n) is 4.31. The number of benzene rings is 2. The lowest BCUT2D eigenvalue weighted by atomic mass is 9.79. The monoisotopic (exact) mass is 386 g/mol. The largest absolute Gasteiger partial charge is 0.423 e. The highest BCUT2D eigenvalue weighted by atomic mass is 16.5. The standard InChI is InChI=1S/C27H30O2/c1-19-3-7-21(8-4-19)23-11-13-25(14-12-23)27(28)29-26-17-15-24(16-18-26)22-9-5-20(2)6-10-22/h5,9-21H,3-4,6-8H2,1-2H3. The average Bonchev–Trinajstić information content (AvgIpc) is 2.76. The van der Waals surface area contributed by atoms with Crippen LogP contribution < -0.4 is 4.74 Å². The molecule has 2 aromatic rings. The first-order chi connectivity index (χ1) is 14.1. The van der Waals surface area contributed by atoms with Gasteiger partial charge in [-0.3, -0.25) is 0 Å². The van der Waals surface area contributed by atoms with Crippen molar-refractivity contribution in [3.8, 4) is 5.75 Å². The highest BCUT2D eigenvalue weighted by molar-refractivity contribution is 5.91. The molecule has 1 atom stereocenters. The molecule has 0 amide bonds. The van der Waals surface area contributed by atoms with E-state index in [1.54, 1.807) is 0 Å². The minimum Gasteiger partial charge on any atom is -0.423 e. The van der Waals surface area contributed by atoms with E-state index in [1.807, 2.05) is 36.4 Å². The van der Waals surface area contributed by atoms with Crippen LogP contribution >= 0.6 is 0 Å². The van der Waals surface area contributed by atoms with Crippen molar-refractivity contribution in [2.75, 3.05) is 0 Å². The number of carbonyl (C=O) groups is 1. The molecule has 0 aromatic heterocycles. The number of esters is 1. The first-order valence-corrected chi connectivity index (χ1v) is 10.9. The molecule has 0 radical (unpaired) electrons. The molecule has 1 saturated carbocycles. The van der Waals surface area contributed by atoms with Crippen LogP contribution in [0.25, 0.3) is 5.57 Å². The number of hydrogen-bond donors (Lipinski definition) is 0. The van der Waals surface area contributed by atoms with Gasteiger partial charge >= 0.3 is 5.97 Å². The first kappa shape index (κ1) is 19.7. The molecule has 0 heterocycles. The van der Waals surface area contributed by atoms with E-state index in [0.29, 0.717) is 23.1 Å². The maximum absolute atomic E-state index is 12.5. The van der Waals surface area contributed by atoms with Gasteiger partial charge < -0.3 is 4.74 Å². The number of ether oxygens (including phenoxy) is 1. The van der Waals surface area contributed by atoms with Crippen LogP contribution in [-0.2, 0) is 0 Å². The Morgan fingerprint density at radius 2 is 1.59 bits per heavy atom. The lowest BCUT2D eigenvalue weighted by Gasteiger charge is -2.26. The van der Waals surface area contributed by atoms with Crippen LogP contribution in [0.3, 0.4) is 0 Å². The van der Waals surface area contributed by atoms with Crippen LogP contribution in [0.5, 0.6) is 5.75 Å². The van der Waals surface area contributed by atoms with Gasteiger partial charge in [-0.15, -0.1) is 0 Å². The molecule has 29 heavy (non-hydrogen) atoms. The van der Waals surface area contributed by atoms with Crippen molar-refractivity contribution in [1.29, 1.82) is 0 Å². The van der Waals surface area contributed by atoms with E-state index in [2.05, 4.69) is 44.2 Å². The molecular formula is C27H30O2. The van der Waals surface area contributed by atoms with Gasteiger partial charge in [0.1, 0.15) is 5.75 Å². The van der Waals surface area contributed by atoms with Gasteiger partial charge in [-0.1, -0.05) is 69.2 Å². The second kappa shape index (κ2) is 8.82. The summed E-state index contributed by atoms with van der Waals surface area (Å²) in [4.78, 5) is 12.5. The molecule has 0 N–H and O–H groups in total. The maximum atomic E-state index is 12.5. The Kier molecular flexibility index (Phi) is 5.99. The molecule has 4 rings (SSSR count). The molecule has 150 valence electrons. The van der Waals surface area contributed by atoms with E-state index >= 15 is 0 Å². The first-order valence-electron chi connectivity index (χ1n) is 10.9. The van der Waals surface area contributed by atoms with Crippen molar-refractivity contribution in [1.82, 2.24) is 0 Å². The lowest BCUT2D eigenvalue weighted by Crippen LogP contribution is -2.12. The van der Waals surface area contributed by atoms with E-state index in [4.69, 9.17) is 4.74 Å². The highest BCUT2D eigenvalue weighted by Gasteiger charge is 2.20. The molecule has 0 aliphatic heterocycles. The van der Waals surface area contributed by atoms with Crippen LogP contribution in [0.1, 0.15) is 73.4 Å². The molecule has 2 heteroatoms. The Morgan fingerprint density at radius 3 is 2.21 bits per heavy atom. The molecule has 2 aromatic carbocycles. The summed E-state index contributed by atoms with van der Waals surface area (Å²) in [6, 6.07) is 15.8. The van der Waals surface area contributed by atoms with Crippen LogP contribution in [0, 0.1) is 11.8 Å².